The van der Waals surface area contributed by atoms with E-state index in [0.29, 0.717) is 5.69 Å². The van der Waals surface area contributed by atoms with E-state index >= 15 is 0 Å². The minimum Gasteiger partial charge on any atom is -0.365 e. The SMILES string of the molecule is CN(c1cc(Cl)c(F)cc1[N+](=O)[O-])C1CCCNC1. The lowest BCUT2D eigenvalue weighted by atomic mass is 10.1. The van der Waals surface area contributed by atoms with E-state index in [1.165, 1.54) is 6.07 Å². The van der Waals surface area contributed by atoms with Crippen LogP contribution in [0.5, 0.6) is 0 Å². The number of hydrogen-bond donors (Lipinski definition) is 1. The summed E-state index contributed by atoms with van der Waals surface area (Å²) in [5, 5.41) is 14.2. The smallest absolute Gasteiger partial charge is 0.295 e. The number of nitrogens with one attached hydrogen (secondary N) is 1. The second-order valence-electron chi connectivity index (χ2n) is 4.62. The zero-order valence-corrected chi connectivity index (χ0v) is 11.3. The molecule has 1 aliphatic heterocycles. The summed E-state index contributed by atoms with van der Waals surface area (Å²) in [5.74, 6) is -0.771. The van der Waals surface area contributed by atoms with Crippen molar-refractivity contribution in [3.8, 4) is 0 Å². The molecule has 5 nitrogen and oxygen atoms in total. The summed E-state index contributed by atoms with van der Waals surface area (Å²) >= 11 is 5.73. The molecule has 0 radical (unpaired) electrons. The highest BCUT2D eigenvalue weighted by Crippen LogP contribution is 2.34. The fraction of sp³-hybridized carbons (Fsp3) is 0.500. The Labute approximate surface area is 115 Å². The third-order valence-corrected chi connectivity index (χ3v) is 3.70. The average Bonchev–Trinajstić information content (AvgIpc) is 2.41. The molecule has 1 aliphatic rings. The van der Waals surface area contributed by atoms with Crippen molar-refractivity contribution in [2.45, 2.75) is 18.9 Å². The van der Waals surface area contributed by atoms with Crippen molar-refractivity contribution in [2.75, 3.05) is 25.0 Å². The molecular weight excluding hydrogens is 273 g/mol. The van der Waals surface area contributed by atoms with Crippen LogP contribution in [0.4, 0.5) is 15.8 Å². The van der Waals surface area contributed by atoms with Crippen LogP contribution in [0.1, 0.15) is 12.8 Å². The number of nitrogens with zero attached hydrogens (tertiary/aromatic N) is 2. The monoisotopic (exact) mass is 287 g/mol. The molecule has 19 heavy (non-hydrogen) atoms. The molecule has 1 aromatic carbocycles. The summed E-state index contributed by atoms with van der Waals surface area (Å²) in [7, 11) is 1.77. The lowest BCUT2D eigenvalue weighted by Gasteiger charge is -2.33. The molecule has 1 heterocycles. The Morgan fingerprint density at radius 2 is 2.32 bits per heavy atom. The molecule has 1 aromatic rings. The number of nitro groups is 1. The standard InChI is InChI=1S/C12H15ClFN3O2/c1-16(8-3-2-4-15-7-8)11-5-9(13)10(14)6-12(11)17(18)19/h5-6,8,15H,2-4,7H2,1H3. The Balaban J connectivity index is 2.36. The Morgan fingerprint density at radius 3 is 2.89 bits per heavy atom. The van der Waals surface area contributed by atoms with Gasteiger partial charge in [-0.3, -0.25) is 10.1 Å². The van der Waals surface area contributed by atoms with Gasteiger partial charge in [-0.2, -0.15) is 0 Å². The largest absolute Gasteiger partial charge is 0.365 e. The Bertz CT molecular complexity index is 492. The molecule has 1 atom stereocenters. The summed E-state index contributed by atoms with van der Waals surface area (Å²) in [6.07, 6.45) is 1.95. The average molecular weight is 288 g/mol. The number of benzene rings is 1. The Morgan fingerprint density at radius 1 is 1.58 bits per heavy atom. The van der Waals surface area contributed by atoms with E-state index in [2.05, 4.69) is 5.32 Å². The second-order valence-corrected chi connectivity index (χ2v) is 5.03. The van der Waals surface area contributed by atoms with Gasteiger partial charge in [0.15, 0.2) is 0 Å². The number of nitro benzene ring substituents is 1. The third kappa shape index (κ3) is 2.96. The van der Waals surface area contributed by atoms with Crippen LogP contribution >= 0.6 is 11.6 Å². The van der Waals surface area contributed by atoms with Crippen molar-refractivity contribution in [1.82, 2.24) is 5.32 Å². The lowest BCUT2D eigenvalue weighted by molar-refractivity contribution is -0.384. The molecule has 0 aromatic heterocycles. The van der Waals surface area contributed by atoms with Gasteiger partial charge in [-0.25, -0.2) is 4.39 Å². The van der Waals surface area contributed by atoms with Crippen LogP contribution in [0, 0.1) is 15.9 Å². The van der Waals surface area contributed by atoms with Crippen molar-refractivity contribution in [2.24, 2.45) is 0 Å². The van der Waals surface area contributed by atoms with Gasteiger partial charge in [-0.05, 0) is 25.5 Å². The van der Waals surface area contributed by atoms with Gasteiger partial charge in [0.1, 0.15) is 11.5 Å². The van der Waals surface area contributed by atoms with Crippen LogP contribution in [0.25, 0.3) is 0 Å². The molecule has 0 bridgehead atoms. The van der Waals surface area contributed by atoms with Crippen LogP contribution in [0.2, 0.25) is 5.02 Å². The summed E-state index contributed by atoms with van der Waals surface area (Å²) in [5.41, 5.74) is 0.0973. The van der Waals surface area contributed by atoms with Gasteiger partial charge in [0.25, 0.3) is 5.69 Å². The van der Waals surface area contributed by atoms with Crippen LogP contribution in [0.3, 0.4) is 0 Å². The maximum atomic E-state index is 13.4. The molecular formula is C12H15ClFN3O2. The molecule has 1 N–H and O–H groups in total. The van der Waals surface area contributed by atoms with Gasteiger partial charge in [-0.15, -0.1) is 0 Å². The number of halogens is 2. The van der Waals surface area contributed by atoms with E-state index < -0.39 is 10.7 Å². The first-order chi connectivity index (χ1) is 9.00. The minimum atomic E-state index is -0.771. The van der Waals surface area contributed by atoms with E-state index in [4.69, 9.17) is 11.6 Å². The molecule has 0 aliphatic carbocycles. The molecule has 104 valence electrons. The summed E-state index contributed by atoms with van der Waals surface area (Å²) < 4.78 is 13.4. The van der Waals surface area contributed by atoms with Crippen molar-refractivity contribution in [1.29, 1.82) is 0 Å². The van der Waals surface area contributed by atoms with Crippen molar-refractivity contribution < 1.29 is 9.31 Å². The molecule has 1 fully saturated rings. The highest BCUT2D eigenvalue weighted by atomic mass is 35.5. The molecule has 0 amide bonds. The van der Waals surface area contributed by atoms with Gasteiger partial charge in [0, 0.05) is 19.6 Å². The van der Waals surface area contributed by atoms with Crippen LogP contribution in [-0.2, 0) is 0 Å². The van der Waals surface area contributed by atoms with Gasteiger partial charge >= 0.3 is 0 Å². The maximum absolute atomic E-state index is 13.4. The lowest BCUT2D eigenvalue weighted by Crippen LogP contribution is -2.44. The number of hydrogen-bond acceptors (Lipinski definition) is 4. The Hall–Kier alpha value is -1.40. The van der Waals surface area contributed by atoms with E-state index in [-0.39, 0.29) is 16.8 Å². The fourth-order valence-corrected chi connectivity index (χ4v) is 2.47. The fourth-order valence-electron chi connectivity index (χ4n) is 2.32. The molecule has 0 spiro atoms. The zero-order valence-electron chi connectivity index (χ0n) is 10.5. The molecule has 7 heteroatoms. The first-order valence-electron chi connectivity index (χ1n) is 6.07. The van der Waals surface area contributed by atoms with Crippen molar-refractivity contribution in [3.05, 3.63) is 33.1 Å². The van der Waals surface area contributed by atoms with E-state index in [1.54, 1.807) is 11.9 Å². The van der Waals surface area contributed by atoms with Gasteiger partial charge in [-0.1, -0.05) is 11.6 Å². The number of anilines is 1. The number of piperidine rings is 1. The predicted molar refractivity (Wildman–Crippen MR) is 72.4 cm³/mol. The van der Waals surface area contributed by atoms with Crippen LogP contribution < -0.4 is 10.2 Å². The van der Waals surface area contributed by atoms with Gasteiger partial charge in [0.05, 0.1) is 16.0 Å². The number of rotatable bonds is 3. The highest BCUT2D eigenvalue weighted by molar-refractivity contribution is 6.31. The first-order valence-corrected chi connectivity index (χ1v) is 6.45. The van der Waals surface area contributed by atoms with E-state index in [0.717, 1.165) is 32.0 Å². The zero-order chi connectivity index (χ0) is 14.0. The van der Waals surface area contributed by atoms with Crippen LogP contribution in [0.15, 0.2) is 12.1 Å². The quantitative estimate of drug-likeness (QED) is 0.686. The van der Waals surface area contributed by atoms with Crippen LogP contribution in [-0.4, -0.2) is 31.1 Å². The maximum Gasteiger partial charge on any atom is 0.295 e. The summed E-state index contributed by atoms with van der Waals surface area (Å²) in [6.45, 7) is 1.71. The molecule has 2 rings (SSSR count). The van der Waals surface area contributed by atoms with Crippen molar-refractivity contribution in [3.63, 3.8) is 0 Å². The third-order valence-electron chi connectivity index (χ3n) is 3.41. The van der Waals surface area contributed by atoms with E-state index in [9.17, 15) is 14.5 Å². The van der Waals surface area contributed by atoms with Gasteiger partial charge in [0.2, 0.25) is 0 Å². The Kier molecular flexibility index (Phi) is 4.21. The van der Waals surface area contributed by atoms with E-state index in [1.807, 2.05) is 0 Å². The molecule has 0 saturated carbocycles. The normalized spacial score (nSPS) is 19.2. The predicted octanol–water partition coefficient (Wildman–Crippen LogP) is 2.58. The summed E-state index contributed by atoms with van der Waals surface area (Å²) in [4.78, 5) is 12.2. The second kappa shape index (κ2) is 5.71. The van der Waals surface area contributed by atoms with Crippen molar-refractivity contribution >= 4 is 23.0 Å². The molecule has 1 unspecified atom stereocenters. The topological polar surface area (TPSA) is 58.4 Å². The summed E-state index contributed by atoms with van der Waals surface area (Å²) in [6, 6.07) is 2.35. The molecule has 1 saturated heterocycles. The first kappa shape index (κ1) is 14.0. The number of likely N-dealkylation sites (N-methyl/N-ethyl adjacent to an activating group) is 1. The van der Waals surface area contributed by atoms with Gasteiger partial charge < -0.3 is 10.2 Å². The minimum absolute atomic E-state index is 0.101. The highest BCUT2D eigenvalue weighted by Gasteiger charge is 2.26.